The van der Waals surface area contributed by atoms with Crippen molar-refractivity contribution >= 4 is 11.6 Å². The van der Waals surface area contributed by atoms with E-state index in [-0.39, 0.29) is 5.69 Å². The van der Waals surface area contributed by atoms with Gasteiger partial charge in [0.2, 0.25) is 0 Å². The number of fused-ring (bicyclic) bond motifs is 1. The van der Waals surface area contributed by atoms with Crippen LogP contribution >= 0.6 is 0 Å². The van der Waals surface area contributed by atoms with Gasteiger partial charge < -0.3 is 5.11 Å². The van der Waals surface area contributed by atoms with Crippen LogP contribution in [0, 0.1) is 27.7 Å². The van der Waals surface area contributed by atoms with Gasteiger partial charge >= 0.3 is 5.97 Å². The molecule has 0 spiro atoms. The maximum atomic E-state index is 11.2. The predicted molar refractivity (Wildman–Crippen MR) is 82.1 cm³/mol. The van der Waals surface area contributed by atoms with E-state index in [4.69, 9.17) is 5.11 Å². The van der Waals surface area contributed by atoms with E-state index in [0.29, 0.717) is 11.3 Å². The molecule has 1 N–H and O–H groups in total. The van der Waals surface area contributed by atoms with Crippen molar-refractivity contribution in [3.63, 3.8) is 0 Å². The SMILES string of the molecule is Cc1ccc(-c2c(C)nn3c(C)c(C(=O)O)nnc23)cc1C. The van der Waals surface area contributed by atoms with Crippen LogP contribution in [0.1, 0.15) is 33.0 Å². The lowest BCUT2D eigenvalue weighted by atomic mass is 10.0. The minimum Gasteiger partial charge on any atom is -0.476 e. The highest BCUT2D eigenvalue weighted by molar-refractivity contribution is 5.87. The summed E-state index contributed by atoms with van der Waals surface area (Å²) in [4.78, 5) is 11.2. The standard InChI is InChI=1S/C16H16N4O2/c1-8-5-6-12(7-9(8)2)13-10(3)19-20-11(4)14(16(21)22)17-18-15(13)20/h5-7H,1-4H3,(H,21,22). The Kier molecular flexibility index (Phi) is 3.16. The number of carboxylic acids is 1. The molecule has 1 aromatic carbocycles. The third kappa shape index (κ3) is 2.04. The number of hydrogen-bond donors (Lipinski definition) is 1. The van der Waals surface area contributed by atoms with E-state index in [2.05, 4.69) is 41.3 Å². The molecule has 6 nitrogen and oxygen atoms in total. The molecule has 22 heavy (non-hydrogen) atoms. The largest absolute Gasteiger partial charge is 0.476 e. The molecule has 0 aliphatic carbocycles. The Labute approximate surface area is 127 Å². The van der Waals surface area contributed by atoms with E-state index in [0.717, 1.165) is 16.8 Å². The summed E-state index contributed by atoms with van der Waals surface area (Å²) in [6, 6.07) is 6.16. The van der Waals surface area contributed by atoms with Crippen molar-refractivity contribution in [1.29, 1.82) is 0 Å². The highest BCUT2D eigenvalue weighted by Gasteiger charge is 2.19. The molecule has 0 unspecified atom stereocenters. The second-order valence-corrected chi connectivity index (χ2v) is 5.43. The first kappa shape index (κ1) is 14.2. The number of aromatic nitrogens is 4. The normalized spacial score (nSPS) is 11.1. The van der Waals surface area contributed by atoms with Gasteiger partial charge in [0.05, 0.1) is 17.0 Å². The van der Waals surface area contributed by atoms with Gasteiger partial charge in [-0.2, -0.15) is 5.10 Å². The van der Waals surface area contributed by atoms with Crippen molar-refractivity contribution in [2.75, 3.05) is 0 Å². The van der Waals surface area contributed by atoms with Gasteiger partial charge in [0.15, 0.2) is 11.3 Å². The zero-order valence-corrected chi connectivity index (χ0v) is 12.9. The quantitative estimate of drug-likeness (QED) is 0.786. The minimum absolute atomic E-state index is 0.0818. The number of carbonyl (C=O) groups is 1. The number of nitrogens with zero attached hydrogens (tertiary/aromatic N) is 4. The fraction of sp³-hybridized carbons (Fsp3) is 0.250. The Morgan fingerprint density at radius 3 is 2.45 bits per heavy atom. The third-order valence-corrected chi connectivity index (χ3v) is 3.94. The molecule has 3 rings (SSSR count). The number of aromatic carboxylic acids is 1. The van der Waals surface area contributed by atoms with Gasteiger partial charge in [0.25, 0.3) is 0 Å². The first-order valence-corrected chi connectivity index (χ1v) is 6.93. The summed E-state index contributed by atoms with van der Waals surface area (Å²) in [6.45, 7) is 7.69. The van der Waals surface area contributed by atoms with E-state index in [1.807, 2.05) is 13.0 Å². The molecule has 0 atom stereocenters. The topological polar surface area (TPSA) is 80.4 Å². The van der Waals surface area contributed by atoms with Crippen molar-refractivity contribution in [2.24, 2.45) is 0 Å². The maximum absolute atomic E-state index is 11.2. The van der Waals surface area contributed by atoms with Gasteiger partial charge in [0, 0.05) is 0 Å². The molecule has 0 amide bonds. The van der Waals surface area contributed by atoms with E-state index >= 15 is 0 Å². The van der Waals surface area contributed by atoms with E-state index in [1.54, 1.807) is 11.4 Å². The lowest BCUT2D eigenvalue weighted by molar-refractivity contribution is 0.0687. The van der Waals surface area contributed by atoms with Gasteiger partial charge in [-0.25, -0.2) is 9.31 Å². The Bertz CT molecular complexity index is 912. The molecule has 0 fully saturated rings. The number of benzene rings is 1. The fourth-order valence-corrected chi connectivity index (χ4v) is 2.54. The summed E-state index contributed by atoms with van der Waals surface area (Å²) < 4.78 is 1.55. The molecule has 0 saturated heterocycles. The number of hydrogen-bond acceptors (Lipinski definition) is 4. The van der Waals surface area contributed by atoms with Gasteiger partial charge in [-0.05, 0) is 44.4 Å². The highest BCUT2D eigenvalue weighted by atomic mass is 16.4. The van der Waals surface area contributed by atoms with E-state index < -0.39 is 5.97 Å². The van der Waals surface area contributed by atoms with Crippen LogP contribution in [0.5, 0.6) is 0 Å². The second-order valence-electron chi connectivity index (χ2n) is 5.43. The van der Waals surface area contributed by atoms with Gasteiger partial charge in [-0.15, -0.1) is 10.2 Å². The van der Waals surface area contributed by atoms with Crippen LogP contribution in [0.15, 0.2) is 18.2 Å². The van der Waals surface area contributed by atoms with Crippen LogP contribution < -0.4 is 0 Å². The van der Waals surface area contributed by atoms with Crippen molar-refractivity contribution in [3.8, 4) is 11.1 Å². The molecule has 2 heterocycles. The number of rotatable bonds is 2. The van der Waals surface area contributed by atoms with E-state index in [9.17, 15) is 4.79 Å². The van der Waals surface area contributed by atoms with Crippen molar-refractivity contribution < 1.29 is 9.90 Å². The molecule has 2 aromatic heterocycles. The van der Waals surface area contributed by atoms with Gasteiger partial charge in [-0.3, -0.25) is 0 Å². The Morgan fingerprint density at radius 2 is 1.82 bits per heavy atom. The summed E-state index contributed by atoms with van der Waals surface area (Å²) in [5.41, 5.74) is 6.04. The first-order chi connectivity index (χ1) is 10.4. The fourth-order valence-electron chi connectivity index (χ4n) is 2.54. The van der Waals surface area contributed by atoms with Crippen molar-refractivity contribution in [1.82, 2.24) is 19.8 Å². The summed E-state index contributed by atoms with van der Waals surface area (Å²) >= 11 is 0. The van der Waals surface area contributed by atoms with Crippen molar-refractivity contribution in [3.05, 3.63) is 46.4 Å². The Hall–Kier alpha value is -2.76. The van der Waals surface area contributed by atoms with E-state index in [1.165, 1.54) is 11.1 Å². The maximum Gasteiger partial charge on any atom is 0.358 e. The molecule has 0 aliphatic heterocycles. The molecule has 112 valence electrons. The summed E-state index contributed by atoms with van der Waals surface area (Å²) in [5.74, 6) is -1.10. The Morgan fingerprint density at radius 1 is 1.09 bits per heavy atom. The third-order valence-electron chi connectivity index (χ3n) is 3.94. The zero-order chi connectivity index (χ0) is 16.0. The highest BCUT2D eigenvalue weighted by Crippen LogP contribution is 2.29. The van der Waals surface area contributed by atoms with Crippen LogP contribution in [-0.4, -0.2) is 30.9 Å². The van der Waals surface area contributed by atoms with Crippen LogP contribution in [0.4, 0.5) is 0 Å². The van der Waals surface area contributed by atoms with Gasteiger partial charge in [0.1, 0.15) is 0 Å². The summed E-state index contributed by atoms with van der Waals surface area (Å²) in [7, 11) is 0. The summed E-state index contributed by atoms with van der Waals surface area (Å²) in [5, 5.41) is 21.5. The molecule has 0 saturated carbocycles. The average Bonchev–Trinajstić information content (AvgIpc) is 2.79. The lowest BCUT2D eigenvalue weighted by Crippen LogP contribution is -2.10. The molecular formula is C16H16N4O2. The first-order valence-electron chi connectivity index (χ1n) is 6.93. The monoisotopic (exact) mass is 296 g/mol. The molecule has 0 radical (unpaired) electrons. The summed E-state index contributed by atoms with van der Waals surface area (Å²) in [6.07, 6.45) is 0. The molecule has 0 aliphatic rings. The Balaban J connectivity index is 2.31. The predicted octanol–water partition coefficient (Wildman–Crippen LogP) is 2.72. The van der Waals surface area contributed by atoms with Crippen LogP contribution in [0.3, 0.4) is 0 Å². The molecular weight excluding hydrogens is 280 g/mol. The molecule has 6 heteroatoms. The van der Waals surface area contributed by atoms with Gasteiger partial charge in [-0.1, -0.05) is 18.2 Å². The van der Waals surface area contributed by atoms with Crippen molar-refractivity contribution in [2.45, 2.75) is 27.7 Å². The minimum atomic E-state index is -1.10. The number of aryl methyl sites for hydroxylation is 4. The second kappa shape index (κ2) is 4.91. The number of carboxylic acid groups (broad SMARTS) is 1. The lowest BCUT2D eigenvalue weighted by Gasteiger charge is -2.05. The zero-order valence-electron chi connectivity index (χ0n) is 12.9. The average molecular weight is 296 g/mol. The van der Waals surface area contributed by atoms with Crippen LogP contribution in [0.25, 0.3) is 16.8 Å². The smallest absolute Gasteiger partial charge is 0.358 e. The van der Waals surface area contributed by atoms with Crippen LogP contribution in [-0.2, 0) is 0 Å². The molecule has 0 bridgehead atoms. The molecule has 3 aromatic rings. The van der Waals surface area contributed by atoms with Crippen LogP contribution in [0.2, 0.25) is 0 Å².